The highest BCUT2D eigenvalue weighted by molar-refractivity contribution is 5.88. The number of H-pyrrole nitrogens is 1. The van der Waals surface area contributed by atoms with E-state index in [1.54, 1.807) is 6.07 Å². The van der Waals surface area contributed by atoms with Crippen LogP contribution in [0.2, 0.25) is 0 Å². The zero-order valence-electron chi connectivity index (χ0n) is 12.8. The number of nitrogens with one attached hydrogen (secondary N) is 2. The Morgan fingerprint density at radius 1 is 1.48 bits per heavy atom. The number of benzene rings is 1. The summed E-state index contributed by atoms with van der Waals surface area (Å²) in [4.78, 5) is 20.7. The van der Waals surface area contributed by atoms with Gasteiger partial charge in [0, 0.05) is 19.1 Å². The van der Waals surface area contributed by atoms with E-state index in [9.17, 15) is 4.79 Å². The molecule has 0 fully saturated rings. The molecule has 4 N–H and O–H groups in total. The van der Waals surface area contributed by atoms with E-state index in [1.165, 1.54) is 6.33 Å². The largest absolute Gasteiger partial charge is 0.397 e. The van der Waals surface area contributed by atoms with E-state index in [4.69, 9.17) is 5.73 Å². The predicted octanol–water partition coefficient (Wildman–Crippen LogP) is 1.65. The molecule has 2 rings (SSSR count). The summed E-state index contributed by atoms with van der Waals surface area (Å²) in [7, 11) is 2.11. The molecule has 1 aromatic heterocycles. The van der Waals surface area contributed by atoms with Crippen molar-refractivity contribution in [3.05, 3.63) is 28.8 Å². The van der Waals surface area contributed by atoms with Crippen molar-refractivity contribution >= 4 is 22.3 Å². The molecule has 0 bridgehead atoms. The van der Waals surface area contributed by atoms with Crippen LogP contribution in [0.5, 0.6) is 0 Å². The van der Waals surface area contributed by atoms with Gasteiger partial charge in [0.25, 0.3) is 5.56 Å². The van der Waals surface area contributed by atoms with Crippen LogP contribution in [0.15, 0.2) is 23.3 Å². The highest BCUT2D eigenvalue weighted by Gasteiger charge is 2.08. The van der Waals surface area contributed by atoms with Crippen molar-refractivity contribution in [2.75, 3.05) is 31.2 Å². The van der Waals surface area contributed by atoms with Gasteiger partial charge in [0.15, 0.2) is 0 Å². The molecule has 1 unspecified atom stereocenters. The Balaban J connectivity index is 2.09. The second-order valence-corrected chi connectivity index (χ2v) is 5.35. The van der Waals surface area contributed by atoms with Crippen molar-refractivity contribution in [3.63, 3.8) is 0 Å². The zero-order chi connectivity index (χ0) is 15.4. The van der Waals surface area contributed by atoms with E-state index in [0.29, 0.717) is 22.6 Å². The van der Waals surface area contributed by atoms with Crippen molar-refractivity contribution in [2.45, 2.75) is 26.3 Å². The lowest BCUT2D eigenvalue weighted by Gasteiger charge is -2.23. The van der Waals surface area contributed by atoms with Crippen molar-refractivity contribution in [3.8, 4) is 0 Å². The summed E-state index contributed by atoms with van der Waals surface area (Å²) < 4.78 is 0. The second kappa shape index (κ2) is 6.58. The lowest BCUT2D eigenvalue weighted by molar-refractivity contribution is 0.261. The molecule has 0 aliphatic heterocycles. The number of likely N-dealkylation sites (N-methyl/N-ethyl adjacent to an activating group) is 1. The fraction of sp³-hybridized carbons (Fsp3) is 0.467. The topological polar surface area (TPSA) is 87.0 Å². The van der Waals surface area contributed by atoms with Crippen LogP contribution in [0.25, 0.3) is 10.9 Å². The number of nitrogens with two attached hydrogens (primary N) is 1. The number of nitrogen functional groups attached to an aromatic ring is 1. The van der Waals surface area contributed by atoms with Gasteiger partial charge in [-0.05, 0) is 32.5 Å². The quantitative estimate of drug-likeness (QED) is 0.704. The highest BCUT2D eigenvalue weighted by atomic mass is 16.1. The lowest BCUT2D eigenvalue weighted by atomic mass is 10.2. The maximum Gasteiger partial charge on any atom is 0.258 e. The summed E-state index contributed by atoms with van der Waals surface area (Å²) in [6.07, 6.45) is 2.53. The van der Waals surface area contributed by atoms with Gasteiger partial charge in [-0.15, -0.1) is 0 Å². The van der Waals surface area contributed by atoms with Gasteiger partial charge in [-0.1, -0.05) is 6.92 Å². The number of anilines is 2. The molecular weight excluding hydrogens is 266 g/mol. The summed E-state index contributed by atoms with van der Waals surface area (Å²) in [5.74, 6) is 0. The molecule has 1 atom stereocenters. The van der Waals surface area contributed by atoms with E-state index >= 15 is 0 Å². The van der Waals surface area contributed by atoms with Gasteiger partial charge in [-0.3, -0.25) is 4.79 Å². The van der Waals surface area contributed by atoms with Crippen molar-refractivity contribution in [2.24, 2.45) is 0 Å². The molecule has 0 aliphatic carbocycles. The van der Waals surface area contributed by atoms with Gasteiger partial charge in [-0.2, -0.15) is 0 Å². The van der Waals surface area contributed by atoms with E-state index in [0.717, 1.165) is 25.2 Å². The molecule has 0 saturated carbocycles. The summed E-state index contributed by atoms with van der Waals surface area (Å²) in [6.45, 7) is 6.11. The molecule has 0 saturated heterocycles. The Hall–Kier alpha value is -2.08. The number of fused-ring (bicyclic) bond motifs is 1. The van der Waals surface area contributed by atoms with Crippen LogP contribution in [0.4, 0.5) is 11.4 Å². The number of aromatic nitrogens is 2. The van der Waals surface area contributed by atoms with Gasteiger partial charge in [0.2, 0.25) is 0 Å². The third-order valence-corrected chi connectivity index (χ3v) is 3.93. The Labute approximate surface area is 124 Å². The van der Waals surface area contributed by atoms with E-state index in [2.05, 4.69) is 41.1 Å². The first kappa shape index (κ1) is 15.3. The maximum absolute atomic E-state index is 11.7. The number of hydrogen-bond acceptors (Lipinski definition) is 5. The van der Waals surface area contributed by atoms with Gasteiger partial charge in [-0.25, -0.2) is 4.98 Å². The SMILES string of the molecule is CCC(C)N(C)CCNc1cc2nc[nH]c(=O)c2cc1N. The molecule has 2 aromatic rings. The fourth-order valence-corrected chi connectivity index (χ4v) is 2.18. The number of hydrogen-bond donors (Lipinski definition) is 3. The van der Waals surface area contributed by atoms with Gasteiger partial charge >= 0.3 is 0 Å². The molecule has 0 aliphatic rings. The number of nitrogens with zero attached hydrogens (tertiary/aromatic N) is 2. The minimum absolute atomic E-state index is 0.172. The molecule has 0 spiro atoms. The molecule has 0 radical (unpaired) electrons. The summed E-state index contributed by atoms with van der Waals surface area (Å²) >= 11 is 0. The van der Waals surface area contributed by atoms with Crippen molar-refractivity contribution in [1.29, 1.82) is 0 Å². The van der Waals surface area contributed by atoms with E-state index < -0.39 is 0 Å². The molecule has 0 amide bonds. The Morgan fingerprint density at radius 2 is 2.24 bits per heavy atom. The predicted molar refractivity (Wildman–Crippen MR) is 87.6 cm³/mol. The normalized spacial score (nSPS) is 12.8. The van der Waals surface area contributed by atoms with E-state index in [-0.39, 0.29) is 5.56 Å². The molecule has 6 heteroatoms. The van der Waals surface area contributed by atoms with Gasteiger partial charge < -0.3 is 20.9 Å². The molecule has 1 heterocycles. The summed E-state index contributed by atoms with van der Waals surface area (Å²) in [6, 6.07) is 4.05. The first-order valence-corrected chi connectivity index (χ1v) is 7.24. The van der Waals surface area contributed by atoms with Crippen molar-refractivity contribution in [1.82, 2.24) is 14.9 Å². The first-order valence-electron chi connectivity index (χ1n) is 7.24. The zero-order valence-corrected chi connectivity index (χ0v) is 12.8. The van der Waals surface area contributed by atoms with Crippen LogP contribution in [0.3, 0.4) is 0 Å². The number of aromatic amines is 1. The Morgan fingerprint density at radius 3 is 2.95 bits per heavy atom. The third-order valence-electron chi connectivity index (χ3n) is 3.93. The fourth-order valence-electron chi connectivity index (χ4n) is 2.18. The molecule has 114 valence electrons. The minimum atomic E-state index is -0.172. The van der Waals surface area contributed by atoms with Crippen LogP contribution in [0.1, 0.15) is 20.3 Å². The lowest BCUT2D eigenvalue weighted by Crippen LogP contribution is -2.32. The Kier molecular flexibility index (Phi) is 4.80. The van der Waals surface area contributed by atoms with E-state index in [1.807, 2.05) is 6.07 Å². The van der Waals surface area contributed by atoms with Crippen LogP contribution >= 0.6 is 0 Å². The average Bonchev–Trinajstić information content (AvgIpc) is 2.48. The van der Waals surface area contributed by atoms with Gasteiger partial charge in [0.1, 0.15) is 0 Å². The van der Waals surface area contributed by atoms with Crippen molar-refractivity contribution < 1.29 is 0 Å². The molecule has 1 aromatic carbocycles. The third kappa shape index (κ3) is 3.52. The second-order valence-electron chi connectivity index (χ2n) is 5.35. The Bertz CT molecular complexity index is 667. The molecular formula is C15H23N5O. The molecule has 21 heavy (non-hydrogen) atoms. The summed E-state index contributed by atoms with van der Waals surface area (Å²) in [5, 5.41) is 3.83. The highest BCUT2D eigenvalue weighted by Crippen LogP contribution is 2.22. The maximum atomic E-state index is 11.7. The standard InChI is InChI=1S/C15H23N5O/c1-4-10(2)20(3)6-5-17-14-8-13-11(7-12(14)16)15(21)19-9-18-13/h7-10,17H,4-6,16H2,1-3H3,(H,18,19,21). The number of rotatable bonds is 6. The van der Waals surface area contributed by atoms with Crippen LogP contribution in [-0.4, -0.2) is 41.0 Å². The van der Waals surface area contributed by atoms with Crippen LogP contribution in [-0.2, 0) is 0 Å². The molecule has 6 nitrogen and oxygen atoms in total. The van der Waals surface area contributed by atoms with Crippen LogP contribution in [0, 0.1) is 0 Å². The first-order chi connectivity index (χ1) is 10.0. The van der Waals surface area contributed by atoms with Gasteiger partial charge in [0.05, 0.1) is 28.6 Å². The summed E-state index contributed by atoms with van der Waals surface area (Å²) in [5.41, 5.74) is 7.85. The minimum Gasteiger partial charge on any atom is -0.397 e. The average molecular weight is 289 g/mol. The smallest absolute Gasteiger partial charge is 0.258 e. The monoisotopic (exact) mass is 289 g/mol. The van der Waals surface area contributed by atoms with Crippen LogP contribution < -0.4 is 16.6 Å².